The Labute approximate surface area is 413 Å². The molecular formula is C47H71N12O12+. The van der Waals surface area contributed by atoms with Crippen LogP contribution in [-0.4, -0.2) is 211 Å². The van der Waals surface area contributed by atoms with Crippen LogP contribution in [0.15, 0.2) is 30.3 Å². The highest BCUT2D eigenvalue weighted by Crippen LogP contribution is 2.41. The Morgan fingerprint density at radius 3 is 1.76 bits per heavy atom. The summed E-state index contributed by atoms with van der Waals surface area (Å²) in [5.41, 5.74) is 3.28. The molecule has 0 bridgehead atoms. The van der Waals surface area contributed by atoms with Crippen LogP contribution in [0.5, 0.6) is 0 Å². The Hall–Kier alpha value is -6.85. The van der Waals surface area contributed by atoms with Gasteiger partial charge in [-0.25, -0.2) is 4.79 Å². The Morgan fingerprint density at radius 1 is 0.690 bits per heavy atom. The summed E-state index contributed by atoms with van der Waals surface area (Å²) in [6, 6.07) is 3.28. The van der Waals surface area contributed by atoms with Crippen molar-refractivity contribution in [2.24, 2.45) is 5.92 Å². The van der Waals surface area contributed by atoms with Gasteiger partial charge in [0, 0.05) is 47.8 Å². The number of carbonyl (C=O) groups is 11. The summed E-state index contributed by atoms with van der Waals surface area (Å²) in [6.07, 6.45) is 2.34. The molecule has 5 rings (SSSR count). The number of alkyl carbamates (subject to hydrolysis) is 1. The largest absolute Gasteiger partial charge is 0.445 e. The molecule has 3 saturated heterocycles. The van der Waals surface area contributed by atoms with Gasteiger partial charge in [-0.2, -0.15) is 0 Å². The van der Waals surface area contributed by atoms with Crippen LogP contribution < -0.4 is 32.3 Å². The average Bonchev–Trinajstić information content (AvgIpc) is 4.18. The third kappa shape index (κ3) is 14.2. The fourth-order valence-electron chi connectivity index (χ4n) is 9.04. The van der Waals surface area contributed by atoms with Gasteiger partial charge >= 0.3 is 6.09 Å². The topological polar surface area (TPSA) is 304 Å². The van der Waals surface area contributed by atoms with Crippen molar-refractivity contribution in [2.45, 2.75) is 108 Å². The Morgan fingerprint density at radius 2 is 1.23 bits per heavy atom. The lowest BCUT2D eigenvalue weighted by Crippen LogP contribution is -2.73. The predicted molar refractivity (Wildman–Crippen MR) is 252 cm³/mol. The van der Waals surface area contributed by atoms with Gasteiger partial charge in [0.1, 0.15) is 36.3 Å². The molecule has 8 N–H and O–H groups in total. The molecule has 1 aromatic carbocycles. The fourth-order valence-corrected chi connectivity index (χ4v) is 9.04. The van der Waals surface area contributed by atoms with Crippen LogP contribution >= 0.6 is 0 Å². The quantitative estimate of drug-likeness (QED) is 0.172. The summed E-state index contributed by atoms with van der Waals surface area (Å²) in [4.78, 5) is 157. The molecular weight excluding hydrogens is 925 g/mol. The minimum absolute atomic E-state index is 0.100. The van der Waals surface area contributed by atoms with Gasteiger partial charge in [-0.1, -0.05) is 44.2 Å². The molecule has 4 fully saturated rings. The van der Waals surface area contributed by atoms with Gasteiger partial charge in [0.25, 0.3) is 5.91 Å². The monoisotopic (exact) mass is 996 g/mol. The molecule has 3 heterocycles. The number of carbonyl (C=O) groups excluding carboxylic acids is 11. The van der Waals surface area contributed by atoms with E-state index in [0.29, 0.717) is 37.7 Å². The summed E-state index contributed by atoms with van der Waals surface area (Å²) in [7, 11) is 5.55. The second-order valence-electron chi connectivity index (χ2n) is 19.1. The Kier molecular flexibility index (Phi) is 19.2. The lowest BCUT2D eigenvalue weighted by molar-refractivity contribution is -0.403. The normalized spacial score (nSPS) is 25.8. The van der Waals surface area contributed by atoms with E-state index in [2.05, 4.69) is 32.3 Å². The maximum Gasteiger partial charge on any atom is 0.408 e. The number of piperidine rings is 2. The van der Waals surface area contributed by atoms with E-state index < -0.39 is 140 Å². The van der Waals surface area contributed by atoms with Crippen molar-refractivity contribution in [3.8, 4) is 0 Å². The van der Waals surface area contributed by atoms with E-state index in [1.165, 1.54) is 47.8 Å². The minimum Gasteiger partial charge on any atom is -0.445 e. The Bertz CT molecular complexity index is 2170. The fraction of sp³-hybridized carbons (Fsp3) is 0.638. The molecule has 24 heteroatoms. The minimum atomic E-state index is -1.45. The van der Waals surface area contributed by atoms with Crippen LogP contribution in [0, 0.1) is 5.92 Å². The second kappa shape index (κ2) is 24.8. The zero-order valence-corrected chi connectivity index (χ0v) is 41.7. The van der Waals surface area contributed by atoms with Gasteiger partial charge in [0.2, 0.25) is 53.2 Å². The third-order valence-corrected chi connectivity index (χ3v) is 13.6. The summed E-state index contributed by atoms with van der Waals surface area (Å²) in [5, 5.41) is 13.1. The molecule has 0 radical (unpaired) electrons. The first-order chi connectivity index (χ1) is 33.7. The molecule has 5 atom stereocenters. The van der Waals surface area contributed by atoms with Crippen molar-refractivity contribution in [1.29, 1.82) is 0 Å². The molecule has 0 aromatic heterocycles. The number of likely N-dealkylation sites (N-methyl/N-ethyl adjacent to an activating group) is 4. The first-order valence-electron chi connectivity index (χ1n) is 24.2. The molecule has 24 nitrogen and oxygen atoms in total. The van der Waals surface area contributed by atoms with Gasteiger partial charge < -0.3 is 66.5 Å². The molecule has 1 aromatic rings. The molecule has 11 amide bonds. The zero-order chi connectivity index (χ0) is 52.2. The van der Waals surface area contributed by atoms with E-state index in [9.17, 15) is 52.7 Å². The highest BCUT2D eigenvalue weighted by molar-refractivity contribution is 5.98. The first kappa shape index (κ1) is 55.1. The maximum absolute atomic E-state index is 14.4. The number of fused-ring (bicyclic) bond motifs is 2. The van der Waals surface area contributed by atoms with Crippen molar-refractivity contribution in [3.63, 3.8) is 0 Å². The van der Waals surface area contributed by atoms with Crippen LogP contribution in [0.3, 0.4) is 0 Å². The number of hydrogen-bond acceptors (Lipinski definition) is 12. The summed E-state index contributed by atoms with van der Waals surface area (Å²) in [6.45, 7) is 1.01. The van der Waals surface area contributed by atoms with Crippen molar-refractivity contribution in [2.75, 3.05) is 80.5 Å². The van der Waals surface area contributed by atoms with E-state index in [0.717, 1.165) is 9.80 Å². The number of quaternary nitrogens is 1. The Balaban J connectivity index is 1.37. The van der Waals surface area contributed by atoms with E-state index in [-0.39, 0.29) is 45.5 Å². The number of hydrogen-bond donors (Lipinski definition) is 6. The molecule has 1 saturated carbocycles. The van der Waals surface area contributed by atoms with E-state index in [1.807, 2.05) is 0 Å². The van der Waals surface area contributed by atoms with Crippen LogP contribution in [-0.2, 0) is 59.3 Å². The third-order valence-electron chi connectivity index (χ3n) is 13.6. The maximum atomic E-state index is 14.4. The van der Waals surface area contributed by atoms with Gasteiger partial charge in [-0.15, -0.1) is 0 Å². The number of nitrogens with one attached hydrogen (secondary N) is 5. The second-order valence-corrected chi connectivity index (χ2v) is 19.1. The highest BCUT2D eigenvalue weighted by Gasteiger charge is 2.55. The average molecular weight is 996 g/mol. The first-order valence-corrected chi connectivity index (χ1v) is 24.2. The number of amides is 11. The van der Waals surface area contributed by atoms with E-state index in [1.54, 1.807) is 44.2 Å². The lowest BCUT2D eigenvalue weighted by atomic mass is 9.99. The van der Waals surface area contributed by atoms with Crippen LogP contribution in [0.2, 0.25) is 0 Å². The van der Waals surface area contributed by atoms with Gasteiger partial charge in [0.15, 0.2) is 6.04 Å². The summed E-state index contributed by atoms with van der Waals surface area (Å²) in [5.74, 6) is -6.54. The smallest absolute Gasteiger partial charge is 0.408 e. The van der Waals surface area contributed by atoms with E-state index in [4.69, 9.17) is 4.74 Å². The van der Waals surface area contributed by atoms with Crippen molar-refractivity contribution >= 4 is 65.2 Å². The molecule has 1 spiro atoms. The van der Waals surface area contributed by atoms with Crippen LogP contribution in [0.4, 0.5) is 4.79 Å². The number of nitrogens with zero attached hydrogens (tertiary/aromatic N) is 6. The standard InChI is InChI=1S/C47H70N12O12/c1-29(2)39-42(66)49-22-31(48)43(67)58-20-12-10-16-33(58)40(64)50-25-36(61)55(4)27-38(63)57(6)47(18-19-47)45(69)52-23-32(53-46(70)71-28-30-14-8-7-9-15-30)44(68)59-21-13-11-17-34(59)41(65)51-24-35(60)54(3)26-37(62)56(39)5/h7-9,14-15,29,31-34,39H,10-13,16-28,48H2,1-6H3,(H,49,66)(H,50,64)(H,51,65)(H,52,69)(H,53,70)/p+1/t31-,32-,33+,34+,39+/m1/s1. The van der Waals surface area contributed by atoms with Crippen molar-refractivity contribution < 1.29 is 63.2 Å². The molecule has 0 unspecified atom stereocenters. The predicted octanol–water partition coefficient (Wildman–Crippen LogP) is -3.48. The molecule has 3 aliphatic heterocycles. The molecule has 1 aliphatic carbocycles. The van der Waals surface area contributed by atoms with Crippen LogP contribution in [0.25, 0.3) is 0 Å². The lowest BCUT2D eigenvalue weighted by Gasteiger charge is -2.37. The van der Waals surface area contributed by atoms with Gasteiger partial charge in [0.05, 0.1) is 32.7 Å². The number of ether oxygens (including phenoxy) is 1. The van der Waals surface area contributed by atoms with E-state index >= 15 is 0 Å². The van der Waals surface area contributed by atoms with Crippen LogP contribution in [0.1, 0.15) is 70.8 Å². The number of benzene rings is 1. The highest BCUT2D eigenvalue weighted by atomic mass is 16.5. The molecule has 71 heavy (non-hydrogen) atoms. The zero-order valence-electron chi connectivity index (χ0n) is 41.7. The van der Waals surface area contributed by atoms with Crippen molar-refractivity contribution in [3.05, 3.63) is 35.9 Å². The van der Waals surface area contributed by atoms with Gasteiger partial charge in [-0.05, 0) is 62.8 Å². The summed E-state index contributed by atoms with van der Waals surface area (Å²) < 4.78 is 5.41. The van der Waals surface area contributed by atoms with Gasteiger partial charge in [-0.3, -0.25) is 47.9 Å². The molecule has 4 aliphatic rings. The van der Waals surface area contributed by atoms with Crippen molar-refractivity contribution in [1.82, 2.24) is 56.0 Å². The number of rotatable bonds is 4. The SMILES string of the molecule is CC(C)[C@H]1C(=O)NC[C@@H]([NH3+])C(=O)N2CCCC[C@H]2C(=O)NCC(=O)N(C)CC(=O)N(C)C2(CC2)C(=O)NC[C@@H](NC(=O)OCc2ccccc2)C(=O)N2CCCC[C@H]2C(=O)NCC(=O)N(C)CC(=O)N1C. The summed E-state index contributed by atoms with van der Waals surface area (Å²) >= 11 is 0. The molecule has 390 valence electrons.